The van der Waals surface area contributed by atoms with E-state index in [9.17, 15) is 9.18 Å². The van der Waals surface area contributed by atoms with Crippen molar-refractivity contribution in [1.29, 1.82) is 0 Å². The first kappa shape index (κ1) is 14.3. The van der Waals surface area contributed by atoms with Crippen LogP contribution in [0.25, 0.3) is 0 Å². The topological polar surface area (TPSA) is 43.1 Å². The van der Waals surface area contributed by atoms with Gasteiger partial charge in [-0.15, -0.1) is 0 Å². The minimum Gasteiger partial charge on any atom is -0.321 e. The van der Waals surface area contributed by atoms with Crippen LogP contribution in [-0.2, 0) is 11.2 Å². The van der Waals surface area contributed by atoms with Gasteiger partial charge in [-0.3, -0.25) is 4.79 Å². The van der Waals surface area contributed by atoms with Gasteiger partial charge >= 0.3 is 0 Å². The van der Waals surface area contributed by atoms with Crippen LogP contribution in [0.5, 0.6) is 0 Å². The Balaban J connectivity index is 2.74. The Morgan fingerprint density at radius 2 is 2.12 bits per heavy atom. The van der Waals surface area contributed by atoms with Crippen LogP contribution in [0.4, 0.5) is 4.39 Å². The number of carbonyl (C=O) groups excluding carboxylic acids is 1. The fourth-order valence-corrected chi connectivity index (χ4v) is 2.12. The van der Waals surface area contributed by atoms with Crippen LogP contribution in [0.3, 0.4) is 0 Å². The van der Waals surface area contributed by atoms with Crippen LogP contribution in [0.15, 0.2) is 22.7 Å². The van der Waals surface area contributed by atoms with E-state index in [1.54, 1.807) is 6.07 Å². The van der Waals surface area contributed by atoms with Crippen LogP contribution in [0.1, 0.15) is 25.8 Å². The van der Waals surface area contributed by atoms with Gasteiger partial charge in [0.25, 0.3) is 0 Å². The van der Waals surface area contributed by atoms with Crippen molar-refractivity contribution in [3.63, 3.8) is 0 Å². The third-order valence-electron chi connectivity index (χ3n) is 2.93. The average molecular weight is 302 g/mol. The Morgan fingerprint density at radius 1 is 1.47 bits per heavy atom. The third kappa shape index (κ3) is 4.21. The molecule has 0 saturated heterocycles. The van der Waals surface area contributed by atoms with Crippen molar-refractivity contribution in [2.45, 2.75) is 32.7 Å². The maximum atomic E-state index is 13.1. The van der Waals surface area contributed by atoms with Gasteiger partial charge in [0.05, 0.1) is 6.04 Å². The molecule has 0 aliphatic heterocycles. The summed E-state index contributed by atoms with van der Waals surface area (Å²) in [6, 6.07) is 4.00. The standard InChI is InChI=1S/C13H17BrFNO/c1-3-8(2)13(16)12(17)6-9-4-10(14)7-11(15)5-9/h4-5,7-8,13H,3,6,16H2,1-2H3. The molecule has 0 heterocycles. The molecule has 2 unspecified atom stereocenters. The Labute approximate surface area is 110 Å². The van der Waals surface area contributed by atoms with Gasteiger partial charge in [0, 0.05) is 10.9 Å². The van der Waals surface area contributed by atoms with Crippen molar-refractivity contribution in [2.24, 2.45) is 11.7 Å². The maximum absolute atomic E-state index is 13.1. The van der Waals surface area contributed by atoms with E-state index < -0.39 is 6.04 Å². The zero-order chi connectivity index (χ0) is 13.0. The molecule has 4 heteroatoms. The second kappa shape index (κ2) is 6.26. The van der Waals surface area contributed by atoms with Crippen molar-refractivity contribution in [3.05, 3.63) is 34.1 Å². The van der Waals surface area contributed by atoms with E-state index >= 15 is 0 Å². The number of rotatable bonds is 5. The summed E-state index contributed by atoms with van der Waals surface area (Å²) in [6.07, 6.45) is 1.04. The van der Waals surface area contributed by atoms with Gasteiger partial charge in [-0.2, -0.15) is 0 Å². The molecule has 2 nitrogen and oxygen atoms in total. The predicted octanol–water partition coefficient (Wildman–Crippen LogP) is 3.07. The molecule has 0 aliphatic rings. The SMILES string of the molecule is CCC(C)C(N)C(=O)Cc1cc(F)cc(Br)c1. The van der Waals surface area contributed by atoms with Crippen LogP contribution in [0.2, 0.25) is 0 Å². The number of hydrogen-bond acceptors (Lipinski definition) is 2. The van der Waals surface area contributed by atoms with Gasteiger partial charge in [-0.25, -0.2) is 4.39 Å². The van der Waals surface area contributed by atoms with Gasteiger partial charge in [-0.05, 0) is 29.7 Å². The normalized spacial score (nSPS) is 14.4. The number of nitrogens with two attached hydrogens (primary N) is 1. The smallest absolute Gasteiger partial charge is 0.154 e. The van der Waals surface area contributed by atoms with Crippen molar-refractivity contribution >= 4 is 21.7 Å². The molecule has 0 aliphatic carbocycles. The second-order valence-corrected chi connectivity index (χ2v) is 5.25. The van der Waals surface area contributed by atoms with Crippen molar-refractivity contribution < 1.29 is 9.18 Å². The molecule has 0 radical (unpaired) electrons. The second-order valence-electron chi connectivity index (χ2n) is 4.33. The minimum atomic E-state index is -0.470. The molecule has 2 atom stereocenters. The highest BCUT2D eigenvalue weighted by Gasteiger charge is 2.19. The van der Waals surface area contributed by atoms with Crippen LogP contribution in [0, 0.1) is 11.7 Å². The number of hydrogen-bond donors (Lipinski definition) is 1. The number of Topliss-reactive ketones (excluding diaryl/α,β-unsaturated/α-hetero) is 1. The largest absolute Gasteiger partial charge is 0.321 e. The lowest BCUT2D eigenvalue weighted by Crippen LogP contribution is -2.37. The van der Waals surface area contributed by atoms with Crippen molar-refractivity contribution in [1.82, 2.24) is 0 Å². The number of benzene rings is 1. The van der Waals surface area contributed by atoms with Gasteiger partial charge in [0.2, 0.25) is 0 Å². The van der Waals surface area contributed by atoms with Crippen LogP contribution >= 0.6 is 15.9 Å². The highest BCUT2D eigenvalue weighted by atomic mass is 79.9. The molecule has 1 aromatic carbocycles. The Hall–Kier alpha value is -0.740. The molecule has 2 N–H and O–H groups in total. The highest BCUT2D eigenvalue weighted by molar-refractivity contribution is 9.10. The fraction of sp³-hybridized carbons (Fsp3) is 0.462. The molecule has 0 amide bonds. The van der Waals surface area contributed by atoms with Crippen LogP contribution < -0.4 is 5.73 Å². The summed E-state index contributed by atoms with van der Waals surface area (Å²) in [7, 11) is 0. The van der Waals surface area contributed by atoms with Gasteiger partial charge in [0.15, 0.2) is 5.78 Å². The molecular formula is C13H17BrFNO. The summed E-state index contributed by atoms with van der Waals surface area (Å²) in [4.78, 5) is 11.9. The molecule has 0 spiro atoms. The van der Waals surface area contributed by atoms with Gasteiger partial charge in [0.1, 0.15) is 5.82 Å². The number of carbonyl (C=O) groups is 1. The average Bonchev–Trinajstić information content (AvgIpc) is 2.25. The van der Waals surface area contributed by atoms with Gasteiger partial charge < -0.3 is 5.73 Å². The Kier molecular flexibility index (Phi) is 5.28. The molecule has 1 aromatic rings. The zero-order valence-corrected chi connectivity index (χ0v) is 11.6. The Bertz CT molecular complexity index is 388. The summed E-state index contributed by atoms with van der Waals surface area (Å²) < 4.78 is 13.8. The molecular weight excluding hydrogens is 285 g/mol. The van der Waals surface area contributed by atoms with Crippen LogP contribution in [-0.4, -0.2) is 11.8 Å². The van der Waals surface area contributed by atoms with Crippen molar-refractivity contribution in [2.75, 3.05) is 0 Å². The fourth-order valence-electron chi connectivity index (χ4n) is 1.60. The molecule has 0 bridgehead atoms. The Morgan fingerprint density at radius 3 is 2.65 bits per heavy atom. The summed E-state index contributed by atoms with van der Waals surface area (Å²) in [5, 5.41) is 0. The summed E-state index contributed by atoms with van der Waals surface area (Å²) in [5.74, 6) is -0.240. The van der Waals surface area contributed by atoms with E-state index in [-0.39, 0.29) is 23.9 Å². The van der Waals surface area contributed by atoms with E-state index in [2.05, 4.69) is 15.9 Å². The first-order valence-corrected chi connectivity index (χ1v) is 6.46. The highest BCUT2D eigenvalue weighted by Crippen LogP contribution is 2.17. The zero-order valence-electron chi connectivity index (χ0n) is 10.0. The van der Waals surface area contributed by atoms with E-state index in [1.807, 2.05) is 13.8 Å². The molecule has 17 heavy (non-hydrogen) atoms. The number of halogens is 2. The van der Waals surface area contributed by atoms with E-state index in [1.165, 1.54) is 12.1 Å². The van der Waals surface area contributed by atoms with E-state index in [0.29, 0.717) is 10.0 Å². The summed E-state index contributed by atoms with van der Waals surface area (Å²) in [5.41, 5.74) is 6.49. The van der Waals surface area contributed by atoms with E-state index in [4.69, 9.17) is 5.73 Å². The molecule has 1 rings (SSSR count). The molecule has 0 aromatic heterocycles. The summed E-state index contributed by atoms with van der Waals surface area (Å²) >= 11 is 3.20. The first-order valence-electron chi connectivity index (χ1n) is 5.67. The number of ketones is 1. The minimum absolute atomic E-state index is 0.0446. The maximum Gasteiger partial charge on any atom is 0.154 e. The lowest BCUT2D eigenvalue weighted by atomic mass is 9.93. The molecule has 94 valence electrons. The monoisotopic (exact) mass is 301 g/mol. The lowest BCUT2D eigenvalue weighted by Gasteiger charge is -2.16. The van der Waals surface area contributed by atoms with Gasteiger partial charge in [-0.1, -0.05) is 36.2 Å². The first-order chi connectivity index (χ1) is 7.93. The molecule has 0 saturated carbocycles. The lowest BCUT2D eigenvalue weighted by molar-refractivity contribution is -0.120. The van der Waals surface area contributed by atoms with Crippen molar-refractivity contribution in [3.8, 4) is 0 Å². The predicted molar refractivity (Wildman–Crippen MR) is 70.2 cm³/mol. The molecule has 0 fully saturated rings. The third-order valence-corrected chi connectivity index (χ3v) is 3.39. The summed E-state index contributed by atoms with van der Waals surface area (Å²) in [6.45, 7) is 3.95. The quantitative estimate of drug-likeness (QED) is 0.908. The van der Waals surface area contributed by atoms with E-state index in [0.717, 1.165) is 6.42 Å².